The molecule has 2 N–H and O–H groups in total. The van der Waals surface area contributed by atoms with Crippen LogP contribution < -0.4 is 10.9 Å². The highest BCUT2D eigenvalue weighted by Crippen LogP contribution is 2.29. The lowest BCUT2D eigenvalue weighted by Gasteiger charge is -2.42. The van der Waals surface area contributed by atoms with E-state index in [4.69, 9.17) is 5.11 Å². The van der Waals surface area contributed by atoms with Gasteiger partial charge in [0.1, 0.15) is 4.83 Å². The second kappa shape index (κ2) is 4.39. The van der Waals surface area contributed by atoms with Gasteiger partial charge < -0.3 is 10.4 Å². The van der Waals surface area contributed by atoms with E-state index in [1.165, 1.54) is 22.2 Å². The Hall–Kier alpha value is -1.73. The Morgan fingerprint density at radius 3 is 2.80 bits per heavy atom. The predicted octanol–water partition coefficient (Wildman–Crippen LogP) is 0.848. The first-order valence-electron chi connectivity index (χ1n) is 6.35. The highest BCUT2D eigenvalue weighted by Gasteiger charge is 2.42. The largest absolute Gasteiger partial charge is 0.481 e. The number of aryl methyl sites for hydroxylation is 2. The Labute approximate surface area is 119 Å². The van der Waals surface area contributed by atoms with Gasteiger partial charge in [-0.3, -0.25) is 14.2 Å². The standard InChI is InChI=1S/C13H15N3O3S/c1-7-8(2)20-11-10(7)12(19)16(6-15-11)13(3-9(17)18)4-14-5-13/h6,14H,3-5H2,1-2H3,(H,17,18). The van der Waals surface area contributed by atoms with Gasteiger partial charge >= 0.3 is 5.97 Å². The smallest absolute Gasteiger partial charge is 0.305 e. The fourth-order valence-corrected chi connectivity index (χ4v) is 3.64. The Balaban J connectivity index is 2.22. The molecular formula is C13H15N3O3S. The van der Waals surface area contributed by atoms with E-state index in [9.17, 15) is 9.59 Å². The topological polar surface area (TPSA) is 84.2 Å². The first-order chi connectivity index (χ1) is 9.44. The first kappa shape index (κ1) is 13.3. The molecule has 0 aliphatic carbocycles. The minimum atomic E-state index is -0.906. The number of hydrogen-bond donors (Lipinski definition) is 2. The fraction of sp³-hybridized carbons (Fsp3) is 0.462. The number of carbonyl (C=O) groups is 1. The molecule has 106 valence electrons. The molecule has 20 heavy (non-hydrogen) atoms. The van der Waals surface area contributed by atoms with Crippen molar-refractivity contribution in [1.29, 1.82) is 0 Å². The van der Waals surface area contributed by atoms with E-state index in [-0.39, 0.29) is 12.0 Å². The van der Waals surface area contributed by atoms with Gasteiger partial charge in [-0.05, 0) is 19.4 Å². The van der Waals surface area contributed by atoms with E-state index in [1.807, 2.05) is 13.8 Å². The molecule has 1 fully saturated rings. The lowest BCUT2D eigenvalue weighted by atomic mass is 9.88. The minimum absolute atomic E-state index is 0.0741. The molecule has 1 aliphatic heterocycles. The molecule has 6 nitrogen and oxygen atoms in total. The number of nitrogens with one attached hydrogen (secondary N) is 1. The molecule has 0 bridgehead atoms. The molecule has 3 heterocycles. The number of carboxylic acids is 1. The number of thiophene rings is 1. The van der Waals surface area contributed by atoms with Crippen molar-refractivity contribution < 1.29 is 9.90 Å². The summed E-state index contributed by atoms with van der Waals surface area (Å²) in [6.07, 6.45) is 1.42. The van der Waals surface area contributed by atoms with Crippen molar-refractivity contribution >= 4 is 27.5 Å². The highest BCUT2D eigenvalue weighted by molar-refractivity contribution is 7.18. The molecule has 0 atom stereocenters. The van der Waals surface area contributed by atoms with Gasteiger partial charge in [-0.2, -0.15) is 0 Å². The maximum Gasteiger partial charge on any atom is 0.305 e. The summed E-state index contributed by atoms with van der Waals surface area (Å²) in [6, 6.07) is 0. The monoisotopic (exact) mass is 293 g/mol. The summed E-state index contributed by atoms with van der Waals surface area (Å²) in [5.74, 6) is -0.906. The van der Waals surface area contributed by atoms with Gasteiger partial charge in [0, 0.05) is 18.0 Å². The summed E-state index contributed by atoms with van der Waals surface area (Å²) in [4.78, 5) is 29.9. The van der Waals surface area contributed by atoms with Gasteiger partial charge in [0.05, 0.1) is 23.7 Å². The molecule has 3 rings (SSSR count). The number of fused-ring (bicyclic) bond motifs is 1. The lowest BCUT2D eigenvalue weighted by Crippen LogP contribution is -2.63. The number of nitrogens with zero attached hydrogens (tertiary/aromatic N) is 2. The summed E-state index contributed by atoms with van der Waals surface area (Å²) in [5.41, 5.74) is 0.112. The van der Waals surface area contributed by atoms with Crippen LogP contribution in [0.4, 0.5) is 0 Å². The number of aromatic nitrogens is 2. The van der Waals surface area contributed by atoms with Crippen molar-refractivity contribution in [3.63, 3.8) is 0 Å². The maximum atomic E-state index is 12.7. The van der Waals surface area contributed by atoms with Crippen LogP contribution in [0.15, 0.2) is 11.1 Å². The maximum absolute atomic E-state index is 12.7. The lowest BCUT2D eigenvalue weighted by molar-refractivity contribution is -0.140. The molecule has 1 saturated heterocycles. The molecule has 0 spiro atoms. The van der Waals surface area contributed by atoms with Gasteiger partial charge in [0.15, 0.2) is 0 Å². The van der Waals surface area contributed by atoms with Crippen LogP contribution in [0, 0.1) is 13.8 Å². The summed E-state index contributed by atoms with van der Waals surface area (Å²) >= 11 is 1.50. The zero-order valence-corrected chi connectivity index (χ0v) is 12.1. The molecule has 2 aromatic heterocycles. The van der Waals surface area contributed by atoms with E-state index in [0.717, 1.165) is 15.3 Å². The molecular weight excluding hydrogens is 278 g/mol. The first-order valence-corrected chi connectivity index (χ1v) is 7.17. The van der Waals surface area contributed by atoms with Gasteiger partial charge in [-0.1, -0.05) is 0 Å². The third kappa shape index (κ3) is 1.77. The van der Waals surface area contributed by atoms with E-state index in [0.29, 0.717) is 18.5 Å². The van der Waals surface area contributed by atoms with E-state index in [2.05, 4.69) is 10.3 Å². The van der Waals surface area contributed by atoms with Crippen molar-refractivity contribution in [1.82, 2.24) is 14.9 Å². The van der Waals surface area contributed by atoms with E-state index < -0.39 is 11.5 Å². The third-order valence-electron chi connectivity index (χ3n) is 3.99. The number of aliphatic carboxylic acids is 1. The van der Waals surface area contributed by atoms with Crippen molar-refractivity contribution in [3.8, 4) is 0 Å². The van der Waals surface area contributed by atoms with Gasteiger partial charge in [0.2, 0.25) is 0 Å². The van der Waals surface area contributed by atoms with Crippen LogP contribution in [-0.2, 0) is 10.3 Å². The van der Waals surface area contributed by atoms with Crippen LogP contribution >= 0.6 is 11.3 Å². The zero-order valence-electron chi connectivity index (χ0n) is 11.3. The Morgan fingerprint density at radius 1 is 1.55 bits per heavy atom. The Kier molecular flexibility index (Phi) is 2.91. The summed E-state index contributed by atoms with van der Waals surface area (Å²) < 4.78 is 1.50. The van der Waals surface area contributed by atoms with Crippen LogP contribution in [0.25, 0.3) is 10.2 Å². The van der Waals surface area contributed by atoms with Crippen molar-refractivity contribution in [2.24, 2.45) is 0 Å². The quantitative estimate of drug-likeness (QED) is 0.876. The van der Waals surface area contributed by atoms with Crippen LogP contribution in [0.2, 0.25) is 0 Å². The predicted molar refractivity (Wildman–Crippen MR) is 76.5 cm³/mol. The second-order valence-corrected chi connectivity index (χ2v) is 6.48. The molecule has 0 aromatic carbocycles. The Morgan fingerprint density at radius 2 is 2.25 bits per heavy atom. The van der Waals surface area contributed by atoms with Gasteiger partial charge in [-0.25, -0.2) is 4.98 Å². The van der Waals surface area contributed by atoms with Gasteiger partial charge in [0.25, 0.3) is 5.56 Å². The normalized spacial score (nSPS) is 17.1. The third-order valence-corrected chi connectivity index (χ3v) is 5.10. The van der Waals surface area contributed by atoms with E-state index >= 15 is 0 Å². The number of hydrogen-bond acceptors (Lipinski definition) is 5. The van der Waals surface area contributed by atoms with Crippen LogP contribution in [0.3, 0.4) is 0 Å². The highest BCUT2D eigenvalue weighted by atomic mass is 32.1. The fourth-order valence-electron chi connectivity index (χ4n) is 2.65. The average Bonchev–Trinajstić information content (AvgIpc) is 2.61. The summed E-state index contributed by atoms with van der Waals surface area (Å²) in [6.45, 7) is 4.83. The Bertz CT molecular complexity index is 758. The average molecular weight is 293 g/mol. The van der Waals surface area contributed by atoms with Crippen molar-refractivity contribution in [2.75, 3.05) is 13.1 Å². The van der Waals surface area contributed by atoms with E-state index in [1.54, 1.807) is 0 Å². The SMILES string of the molecule is Cc1sc2ncn(C3(CC(=O)O)CNC3)c(=O)c2c1C. The number of carboxylic acid groups (broad SMARTS) is 1. The van der Waals surface area contributed by atoms with Crippen molar-refractivity contribution in [2.45, 2.75) is 25.8 Å². The van der Waals surface area contributed by atoms with Gasteiger partial charge in [-0.15, -0.1) is 11.3 Å². The minimum Gasteiger partial charge on any atom is -0.481 e. The number of rotatable bonds is 3. The molecule has 0 amide bonds. The molecule has 1 aliphatic rings. The zero-order chi connectivity index (χ0) is 14.5. The second-order valence-electron chi connectivity index (χ2n) is 5.28. The molecule has 0 radical (unpaired) electrons. The summed E-state index contributed by atoms with van der Waals surface area (Å²) in [5, 5.41) is 12.7. The van der Waals surface area contributed by atoms with Crippen molar-refractivity contribution in [3.05, 3.63) is 27.1 Å². The molecule has 7 heteroatoms. The van der Waals surface area contributed by atoms with Crippen LogP contribution in [0.5, 0.6) is 0 Å². The molecule has 0 unspecified atom stereocenters. The van der Waals surface area contributed by atoms with Crippen LogP contribution in [-0.4, -0.2) is 33.7 Å². The summed E-state index contributed by atoms with van der Waals surface area (Å²) in [7, 11) is 0. The molecule has 2 aromatic rings. The molecule has 0 saturated carbocycles. The van der Waals surface area contributed by atoms with Crippen LogP contribution in [0.1, 0.15) is 16.9 Å².